The van der Waals surface area contributed by atoms with Gasteiger partial charge >= 0.3 is 0 Å². The highest BCUT2D eigenvalue weighted by molar-refractivity contribution is 6.49. The molecule has 0 spiro atoms. The molecule has 2 atom stereocenters. The molecule has 0 radical (unpaired) electrons. The third-order valence-electron chi connectivity index (χ3n) is 3.52. The topological polar surface area (TPSA) is 58.6 Å². The van der Waals surface area contributed by atoms with Gasteiger partial charge in [0, 0.05) is 11.1 Å². The van der Waals surface area contributed by atoms with Crippen molar-refractivity contribution < 1.29 is 14.3 Å². The minimum absolute atomic E-state index is 0.0486. The SMILES string of the molecule is CC1CN(C2=C(Cl)C(=O)c3ccccc3C2=O)NC(C)O1. The minimum atomic E-state index is -0.324. The molecule has 1 aromatic carbocycles. The van der Waals surface area contributed by atoms with Gasteiger partial charge in [-0.2, -0.15) is 0 Å². The number of nitrogens with zero attached hydrogens (tertiary/aromatic N) is 1. The number of hydrazine groups is 1. The van der Waals surface area contributed by atoms with Crippen LogP contribution in [0.1, 0.15) is 34.6 Å². The summed E-state index contributed by atoms with van der Waals surface area (Å²) in [6.45, 7) is 4.18. The molecular weight excluding hydrogens is 292 g/mol. The number of carbonyl (C=O) groups excluding carboxylic acids is 2. The lowest BCUT2D eigenvalue weighted by molar-refractivity contribution is -0.103. The molecule has 21 heavy (non-hydrogen) atoms. The Morgan fingerprint density at radius 1 is 1.19 bits per heavy atom. The molecule has 110 valence electrons. The molecular formula is C15H15ClN2O3. The fraction of sp³-hybridized carbons (Fsp3) is 0.333. The van der Waals surface area contributed by atoms with Crippen molar-refractivity contribution in [2.75, 3.05) is 6.54 Å². The summed E-state index contributed by atoms with van der Waals surface area (Å²) in [5, 5.41) is 1.57. The second-order valence-electron chi connectivity index (χ2n) is 5.20. The Hall–Kier alpha value is -1.69. The normalized spacial score (nSPS) is 26.1. The first kappa shape index (κ1) is 14.3. The molecule has 2 aliphatic rings. The van der Waals surface area contributed by atoms with Gasteiger partial charge in [-0.05, 0) is 13.8 Å². The third-order valence-corrected chi connectivity index (χ3v) is 3.87. The number of allylic oxidation sites excluding steroid dienone is 2. The smallest absolute Gasteiger partial charge is 0.212 e. The van der Waals surface area contributed by atoms with Crippen LogP contribution in [0.5, 0.6) is 0 Å². The molecule has 1 saturated heterocycles. The van der Waals surface area contributed by atoms with Crippen molar-refractivity contribution in [3.63, 3.8) is 0 Å². The average Bonchev–Trinajstić information content (AvgIpc) is 2.44. The van der Waals surface area contributed by atoms with Gasteiger partial charge < -0.3 is 4.74 Å². The van der Waals surface area contributed by atoms with E-state index in [0.717, 1.165) is 0 Å². The lowest BCUT2D eigenvalue weighted by Crippen LogP contribution is -2.55. The van der Waals surface area contributed by atoms with Gasteiger partial charge in [-0.3, -0.25) is 14.6 Å². The van der Waals surface area contributed by atoms with Crippen LogP contribution in [-0.2, 0) is 4.74 Å². The molecule has 1 heterocycles. The number of halogens is 1. The lowest BCUT2D eigenvalue weighted by Gasteiger charge is -2.39. The molecule has 6 heteroatoms. The van der Waals surface area contributed by atoms with Crippen LogP contribution in [0.3, 0.4) is 0 Å². The van der Waals surface area contributed by atoms with Crippen molar-refractivity contribution in [2.45, 2.75) is 26.2 Å². The number of carbonyl (C=O) groups is 2. The maximum atomic E-state index is 12.7. The van der Waals surface area contributed by atoms with Gasteiger partial charge in [0.05, 0.1) is 12.6 Å². The first-order valence-electron chi connectivity index (χ1n) is 6.76. The molecule has 1 aliphatic carbocycles. The Morgan fingerprint density at radius 3 is 2.43 bits per heavy atom. The third kappa shape index (κ3) is 2.37. The summed E-state index contributed by atoms with van der Waals surface area (Å²) in [4.78, 5) is 25.0. The number of benzene rings is 1. The largest absolute Gasteiger partial charge is 0.357 e. The van der Waals surface area contributed by atoms with Crippen molar-refractivity contribution in [3.8, 4) is 0 Å². The highest BCUT2D eigenvalue weighted by Crippen LogP contribution is 2.30. The molecule has 1 aliphatic heterocycles. The fourth-order valence-corrected chi connectivity index (χ4v) is 2.97. The number of rotatable bonds is 1. The van der Waals surface area contributed by atoms with E-state index in [1.807, 2.05) is 13.8 Å². The van der Waals surface area contributed by atoms with Crippen LogP contribution in [-0.4, -0.2) is 35.5 Å². The molecule has 0 aromatic heterocycles. The highest BCUT2D eigenvalue weighted by Gasteiger charge is 2.36. The van der Waals surface area contributed by atoms with E-state index in [2.05, 4.69) is 5.43 Å². The van der Waals surface area contributed by atoms with Crippen LogP contribution < -0.4 is 5.43 Å². The molecule has 0 bridgehead atoms. The summed E-state index contributed by atoms with van der Waals surface area (Å²) >= 11 is 6.17. The van der Waals surface area contributed by atoms with Crippen LogP contribution in [0.2, 0.25) is 0 Å². The minimum Gasteiger partial charge on any atom is -0.357 e. The maximum Gasteiger partial charge on any atom is 0.212 e. The van der Waals surface area contributed by atoms with Crippen molar-refractivity contribution in [1.82, 2.24) is 10.4 Å². The van der Waals surface area contributed by atoms with E-state index in [1.165, 1.54) is 0 Å². The van der Waals surface area contributed by atoms with Crippen molar-refractivity contribution in [1.29, 1.82) is 0 Å². The fourth-order valence-electron chi connectivity index (χ4n) is 2.68. The Labute approximate surface area is 127 Å². The van der Waals surface area contributed by atoms with E-state index < -0.39 is 0 Å². The monoisotopic (exact) mass is 306 g/mol. The molecule has 0 amide bonds. The second-order valence-corrected chi connectivity index (χ2v) is 5.57. The van der Waals surface area contributed by atoms with Crippen LogP contribution in [0.25, 0.3) is 0 Å². The molecule has 1 N–H and O–H groups in total. The summed E-state index contributed by atoms with van der Waals surface area (Å²) < 4.78 is 5.56. The molecule has 1 fully saturated rings. The standard InChI is InChI=1S/C15H15ClN2O3/c1-8-7-18(17-9(2)21-8)13-12(16)14(19)10-5-3-4-6-11(10)15(13)20/h3-6,8-9,17H,7H2,1-2H3. The summed E-state index contributed by atoms with van der Waals surface area (Å²) in [7, 11) is 0. The van der Waals surface area contributed by atoms with Gasteiger partial charge in [0.2, 0.25) is 11.6 Å². The predicted octanol–water partition coefficient (Wildman–Crippen LogP) is 2.09. The van der Waals surface area contributed by atoms with E-state index in [-0.39, 0.29) is 34.6 Å². The lowest BCUT2D eigenvalue weighted by atomic mass is 9.92. The van der Waals surface area contributed by atoms with E-state index in [1.54, 1.807) is 29.3 Å². The zero-order chi connectivity index (χ0) is 15.1. The zero-order valence-corrected chi connectivity index (χ0v) is 12.5. The number of hydrogen-bond donors (Lipinski definition) is 1. The highest BCUT2D eigenvalue weighted by atomic mass is 35.5. The van der Waals surface area contributed by atoms with E-state index in [9.17, 15) is 9.59 Å². The van der Waals surface area contributed by atoms with Gasteiger partial charge in [0.15, 0.2) is 0 Å². The molecule has 5 nitrogen and oxygen atoms in total. The quantitative estimate of drug-likeness (QED) is 0.861. The molecule has 1 aromatic rings. The Morgan fingerprint density at radius 2 is 1.81 bits per heavy atom. The number of ether oxygens (including phenoxy) is 1. The van der Waals surface area contributed by atoms with Gasteiger partial charge in [-0.1, -0.05) is 35.9 Å². The maximum absolute atomic E-state index is 12.7. The Bertz CT molecular complexity index is 646. The Kier molecular flexibility index (Phi) is 3.57. The van der Waals surface area contributed by atoms with Crippen molar-refractivity contribution in [2.24, 2.45) is 0 Å². The van der Waals surface area contributed by atoms with Crippen molar-refractivity contribution >= 4 is 23.2 Å². The number of hydrogen-bond acceptors (Lipinski definition) is 5. The van der Waals surface area contributed by atoms with Crippen LogP contribution in [0, 0.1) is 0 Å². The van der Waals surface area contributed by atoms with Crippen LogP contribution in [0.4, 0.5) is 0 Å². The first-order valence-corrected chi connectivity index (χ1v) is 7.14. The molecule has 0 saturated carbocycles. The molecule has 2 unspecified atom stereocenters. The number of nitrogens with one attached hydrogen (secondary N) is 1. The van der Waals surface area contributed by atoms with Gasteiger partial charge in [0.1, 0.15) is 17.0 Å². The summed E-state index contributed by atoms with van der Waals surface area (Å²) in [5.41, 5.74) is 3.96. The summed E-state index contributed by atoms with van der Waals surface area (Å²) in [5.74, 6) is -0.570. The first-order chi connectivity index (χ1) is 9.99. The van der Waals surface area contributed by atoms with Crippen LogP contribution in [0.15, 0.2) is 35.0 Å². The number of Topliss-reactive ketones (excluding diaryl/α,β-unsaturated/α-hetero) is 2. The van der Waals surface area contributed by atoms with Gasteiger partial charge in [0.25, 0.3) is 0 Å². The average molecular weight is 307 g/mol. The summed E-state index contributed by atoms with van der Waals surface area (Å²) in [6, 6.07) is 6.72. The van der Waals surface area contributed by atoms with E-state index in [4.69, 9.17) is 16.3 Å². The number of fused-ring (bicyclic) bond motifs is 1. The summed E-state index contributed by atoms with van der Waals surface area (Å²) in [6.07, 6.45) is -0.330. The zero-order valence-electron chi connectivity index (χ0n) is 11.7. The second kappa shape index (κ2) is 5.26. The predicted molar refractivity (Wildman–Crippen MR) is 77.8 cm³/mol. The van der Waals surface area contributed by atoms with Gasteiger partial charge in [-0.15, -0.1) is 0 Å². The Balaban J connectivity index is 2.04. The van der Waals surface area contributed by atoms with Crippen LogP contribution >= 0.6 is 11.6 Å². The molecule has 3 rings (SSSR count). The van der Waals surface area contributed by atoms with Gasteiger partial charge in [-0.25, -0.2) is 5.43 Å². The van der Waals surface area contributed by atoms with E-state index in [0.29, 0.717) is 17.7 Å². The number of ketones is 2. The van der Waals surface area contributed by atoms with Crippen molar-refractivity contribution in [3.05, 3.63) is 46.1 Å². The van der Waals surface area contributed by atoms with E-state index >= 15 is 0 Å².